The second-order valence-electron chi connectivity index (χ2n) is 4.30. The van der Waals surface area contributed by atoms with Crippen molar-refractivity contribution in [2.75, 3.05) is 18.8 Å². The third-order valence-electron chi connectivity index (χ3n) is 2.56. The molecule has 1 rings (SSSR count). The molecule has 1 fully saturated rings. The summed E-state index contributed by atoms with van der Waals surface area (Å²) in [4.78, 5) is 0. The fraction of sp³-hybridized carbons (Fsp3) is 1.00. The zero-order valence-corrected chi connectivity index (χ0v) is 9.76. The average molecular weight is 220 g/mol. The van der Waals surface area contributed by atoms with E-state index >= 15 is 0 Å². The summed E-state index contributed by atoms with van der Waals surface area (Å²) < 4.78 is 24.8. The molecule has 84 valence electrons. The van der Waals surface area contributed by atoms with Crippen LogP contribution in [0.15, 0.2) is 0 Å². The van der Waals surface area contributed by atoms with Crippen molar-refractivity contribution in [2.24, 2.45) is 11.7 Å². The van der Waals surface area contributed by atoms with Crippen molar-refractivity contribution in [1.29, 1.82) is 0 Å². The highest BCUT2D eigenvalue weighted by molar-refractivity contribution is 7.89. The maximum atomic E-state index is 11.6. The van der Waals surface area contributed by atoms with Gasteiger partial charge in [0, 0.05) is 19.1 Å². The number of nitrogens with two attached hydrogens (primary N) is 1. The van der Waals surface area contributed by atoms with Crippen LogP contribution >= 0.6 is 0 Å². The summed E-state index contributed by atoms with van der Waals surface area (Å²) in [5, 5.41) is 0. The van der Waals surface area contributed by atoms with E-state index in [9.17, 15) is 8.42 Å². The Morgan fingerprint density at radius 1 is 1.43 bits per heavy atom. The Morgan fingerprint density at radius 2 is 2.07 bits per heavy atom. The van der Waals surface area contributed by atoms with Crippen LogP contribution in [-0.2, 0) is 10.0 Å². The van der Waals surface area contributed by atoms with Crippen LogP contribution in [0, 0.1) is 5.92 Å². The van der Waals surface area contributed by atoms with Crippen LogP contribution in [0.1, 0.15) is 26.7 Å². The Kier molecular flexibility index (Phi) is 3.92. The summed E-state index contributed by atoms with van der Waals surface area (Å²) in [6.45, 7) is 5.25. The third-order valence-corrected chi connectivity index (χ3v) is 4.56. The van der Waals surface area contributed by atoms with Crippen molar-refractivity contribution >= 4 is 10.0 Å². The highest BCUT2D eigenvalue weighted by Crippen LogP contribution is 2.20. The molecule has 0 radical (unpaired) electrons. The summed E-state index contributed by atoms with van der Waals surface area (Å²) in [6.07, 6.45) is 1.60. The van der Waals surface area contributed by atoms with Gasteiger partial charge in [-0.25, -0.2) is 8.42 Å². The van der Waals surface area contributed by atoms with E-state index in [1.54, 1.807) is 4.31 Å². The van der Waals surface area contributed by atoms with Crippen molar-refractivity contribution in [2.45, 2.75) is 32.7 Å². The first-order valence-corrected chi connectivity index (χ1v) is 6.78. The van der Waals surface area contributed by atoms with E-state index in [4.69, 9.17) is 5.73 Å². The largest absolute Gasteiger partial charge is 0.329 e. The van der Waals surface area contributed by atoms with Gasteiger partial charge in [-0.3, -0.25) is 0 Å². The van der Waals surface area contributed by atoms with Gasteiger partial charge in [-0.15, -0.1) is 0 Å². The van der Waals surface area contributed by atoms with Gasteiger partial charge in [-0.2, -0.15) is 4.31 Å². The van der Waals surface area contributed by atoms with Crippen molar-refractivity contribution < 1.29 is 8.42 Å². The molecular formula is C9H20N2O2S. The lowest BCUT2D eigenvalue weighted by Gasteiger charge is -2.26. The molecule has 0 aromatic rings. The maximum absolute atomic E-state index is 11.6. The van der Waals surface area contributed by atoms with E-state index in [0.717, 1.165) is 12.8 Å². The third kappa shape index (κ3) is 2.68. The van der Waals surface area contributed by atoms with Crippen molar-refractivity contribution in [3.63, 3.8) is 0 Å². The van der Waals surface area contributed by atoms with Gasteiger partial charge in [0.15, 0.2) is 0 Å². The van der Waals surface area contributed by atoms with Crippen LogP contribution in [0.5, 0.6) is 0 Å². The normalized spacial score (nSPS) is 24.3. The average Bonchev–Trinajstić information content (AvgIpc) is 2.41. The zero-order chi connectivity index (χ0) is 10.8. The Bertz CT molecular complexity index is 275. The Hall–Kier alpha value is -0.130. The van der Waals surface area contributed by atoms with Gasteiger partial charge in [0.05, 0.1) is 5.75 Å². The summed E-state index contributed by atoms with van der Waals surface area (Å²) in [5.41, 5.74) is 5.62. The fourth-order valence-electron chi connectivity index (χ4n) is 1.94. The van der Waals surface area contributed by atoms with Crippen LogP contribution in [0.2, 0.25) is 0 Å². The summed E-state index contributed by atoms with van der Waals surface area (Å²) in [7, 11) is -2.99. The molecule has 5 heteroatoms. The van der Waals surface area contributed by atoms with E-state index in [1.807, 2.05) is 0 Å². The quantitative estimate of drug-likeness (QED) is 0.745. The summed E-state index contributed by atoms with van der Waals surface area (Å²) in [6, 6.07) is 0.00231. The molecule has 1 unspecified atom stereocenters. The maximum Gasteiger partial charge on any atom is 0.214 e. The molecule has 0 bridgehead atoms. The fourth-order valence-corrected chi connectivity index (χ4v) is 3.71. The van der Waals surface area contributed by atoms with Gasteiger partial charge < -0.3 is 5.73 Å². The Morgan fingerprint density at radius 3 is 2.43 bits per heavy atom. The van der Waals surface area contributed by atoms with Crippen molar-refractivity contribution in [1.82, 2.24) is 4.31 Å². The smallest absolute Gasteiger partial charge is 0.214 e. The van der Waals surface area contributed by atoms with Crippen LogP contribution in [0.4, 0.5) is 0 Å². The predicted octanol–water partition coefficient (Wildman–Crippen LogP) is 0.395. The van der Waals surface area contributed by atoms with E-state index in [-0.39, 0.29) is 6.04 Å². The van der Waals surface area contributed by atoms with Gasteiger partial charge in [0.2, 0.25) is 10.0 Å². The molecule has 14 heavy (non-hydrogen) atoms. The predicted molar refractivity (Wildman–Crippen MR) is 57.4 cm³/mol. The molecule has 1 aliphatic heterocycles. The van der Waals surface area contributed by atoms with Gasteiger partial charge in [0.25, 0.3) is 0 Å². The molecule has 0 aliphatic carbocycles. The molecule has 1 aliphatic rings. The number of nitrogens with zero attached hydrogens (tertiary/aromatic N) is 1. The Balaban J connectivity index is 2.69. The topological polar surface area (TPSA) is 63.4 Å². The van der Waals surface area contributed by atoms with Crippen LogP contribution in [0.3, 0.4) is 0 Å². The molecular weight excluding hydrogens is 200 g/mol. The van der Waals surface area contributed by atoms with E-state index < -0.39 is 10.0 Å². The van der Waals surface area contributed by atoms with E-state index in [2.05, 4.69) is 13.8 Å². The van der Waals surface area contributed by atoms with Crippen LogP contribution < -0.4 is 5.73 Å². The zero-order valence-electron chi connectivity index (χ0n) is 8.94. The van der Waals surface area contributed by atoms with Gasteiger partial charge >= 0.3 is 0 Å². The monoisotopic (exact) mass is 220 g/mol. The first-order valence-electron chi connectivity index (χ1n) is 5.17. The number of sulfonamides is 1. The SMILES string of the molecule is CC(C)CC(CN)N1CCCS1(=O)=O. The number of rotatable bonds is 4. The summed E-state index contributed by atoms with van der Waals surface area (Å²) >= 11 is 0. The molecule has 0 amide bonds. The molecule has 1 heterocycles. The minimum atomic E-state index is -2.99. The molecule has 4 nitrogen and oxygen atoms in total. The highest BCUT2D eigenvalue weighted by Gasteiger charge is 2.33. The lowest BCUT2D eigenvalue weighted by molar-refractivity contribution is 0.302. The summed E-state index contributed by atoms with van der Waals surface area (Å²) in [5.74, 6) is 0.779. The standard InChI is InChI=1S/C9H20N2O2S/c1-8(2)6-9(7-10)11-4-3-5-14(11,12)13/h8-9H,3-7,10H2,1-2H3. The highest BCUT2D eigenvalue weighted by atomic mass is 32.2. The first-order chi connectivity index (χ1) is 6.47. The number of hydrogen-bond acceptors (Lipinski definition) is 3. The van der Waals surface area contributed by atoms with Crippen LogP contribution in [0.25, 0.3) is 0 Å². The molecule has 0 spiro atoms. The molecule has 0 aromatic carbocycles. The van der Waals surface area contributed by atoms with Gasteiger partial charge in [-0.1, -0.05) is 13.8 Å². The van der Waals surface area contributed by atoms with E-state index in [1.165, 1.54) is 0 Å². The second-order valence-corrected chi connectivity index (χ2v) is 6.34. The second kappa shape index (κ2) is 4.59. The molecule has 2 N–H and O–H groups in total. The molecule has 0 saturated carbocycles. The lowest BCUT2D eigenvalue weighted by atomic mass is 10.0. The molecule has 1 saturated heterocycles. The number of hydrogen-bond donors (Lipinski definition) is 1. The van der Waals surface area contributed by atoms with Crippen molar-refractivity contribution in [3.05, 3.63) is 0 Å². The minimum absolute atomic E-state index is 0.00231. The van der Waals surface area contributed by atoms with E-state index in [0.29, 0.717) is 24.8 Å². The lowest BCUT2D eigenvalue weighted by Crippen LogP contribution is -2.42. The van der Waals surface area contributed by atoms with Crippen LogP contribution in [-0.4, -0.2) is 37.6 Å². The Labute approximate surface area is 86.5 Å². The van der Waals surface area contributed by atoms with Gasteiger partial charge in [0.1, 0.15) is 0 Å². The van der Waals surface area contributed by atoms with Crippen molar-refractivity contribution in [3.8, 4) is 0 Å². The minimum Gasteiger partial charge on any atom is -0.329 e. The molecule has 1 atom stereocenters. The first kappa shape index (κ1) is 11.9. The van der Waals surface area contributed by atoms with Gasteiger partial charge in [-0.05, 0) is 18.8 Å². The molecule has 0 aromatic heterocycles.